The molecule has 7 heteroatoms. The van der Waals surface area contributed by atoms with E-state index in [1.54, 1.807) is 11.3 Å². The van der Waals surface area contributed by atoms with E-state index in [1.807, 2.05) is 31.4 Å². The molecule has 0 saturated heterocycles. The zero-order chi connectivity index (χ0) is 19.0. The molecule has 140 valence electrons. The summed E-state index contributed by atoms with van der Waals surface area (Å²) < 4.78 is 11.2. The number of benzene rings is 1. The SMILES string of the molecule is Cc1nc(CNC(=O)COc2ccc3c4c(c(=O)oc3c2C)CCC4)cs1. The summed E-state index contributed by atoms with van der Waals surface area (Å²) in [4.78, 5) is 28.6. The topological polar surface area (TPSA) is 81.4 Å². The Morgan fingerprint density at radius 1 is 1.30 bits per heavy atom. The van der Waals surface area contributed by atoms with Crippen molar-refractivity contribution in [2.24, 2.45) is 0 Å². The van der Waals surface area contributed by atoms with Crippen LogP contribution in [0.2, 0.25) is 0 Å². The lowest BCUT2D eigenvalue weighted by Gasteiger charge is -2.12. The molecule has 2 aromatic heterocycles. The van der Waals surface area contributed by atoms with E-state index in [0.29, 0.717) is 17.9 Å². The van der Waals surface area contributed by atoms with E-state index in [4.69, 9.17) is 9.15 Å². The summed E-state index contributed by atoms with van der Waals surface area (Å²) in [6.45, 7) is 4.04. The number of thiazole rings is 1. The van der Waals surface area contributed by atoms with Crippen molar-refractivity contribution in [3.8, 4) is 5.75 Å². The lowest BCUT2D eigenvalue weighted by molar-refractivity contribution is -0.123. The third-order valence-corrected chi connectivity index (χ3v) is 5.65. The summed E-state index contributed by atoms with van der Waals surface area (Å²) in [5.74, 6) is 0.318. The highest BCUT2D eigenvalue weighted by molar-refractivity contribution is 7.09. The van der Waals surface area contributed by atoms with E-state index in [1.165, 1.54) is 0 Å². The fourth-order valence-corrected chi connectivity index (χ4v) is 4.11. The van der Waals surface area contributed by atoms with Crippen LogP contribution in [0.25, 0.3) is 11.0 Å². The molecule has 4 rings (SSSR count). The van der Waals surface area contributed by atoms with Crippen molar-refractivity contribution in [1.82, 2.24) is 10.3 Å². The van der Waals surface area contributed by atoms with Gasteiger partial charge in [0.2, 0.25) is 0 Å². The molecule has 2 heterocycles. The Hall–Kier alpha value is -2.67. The van der Waals surface area contributed by atoms with E-state index in [-0.39, 0.29) is 18.1 Å². The Morgan fingerprint density at radius 2 is 2.11 bits per heavy atom. The fourth-order valence-electron chi connectivity index (χ4n) is 3.49. The van der Waals surface area contributed by atoms with Crippen molar-refractivity contribution in [3.05, 3.63) is 55.3 Å². The first-order valence-corrected chi connectivity index (χ1v) is 9.79. The molecule has 6 nitrogen and oxygen atoms in total. The Bertz CT molecular complexity index is 1080. The van der Waals surface area contributed by atoms with Gasteiger partial charge in [-0.2, -0.15) is 0 Å². The Balaban J connectivity index is 1.48. The number of carbonyl (C=O) groups excluding carboxylic acids is 1. The summed E-state index contributed by atoms with van der Waals surface area (Å²) in [5, 5.41) is 6.65. The molecule has 1 aromatic carbocycles. The normalized spacial score (nSPS) is 13.0. The number of rotatable bonds is 5. The van der Waals surface area contributed by atoms with Crippen molar-refractivity contribution in [3.63, 3.8) is 0 Å². The number of nitrogens with one attached hydrogen (secondary N) is 1. The van der Waals surface area contributed by atoms with Crippen molar-refractivity contribution in [2.75, 3.05) is 6.61 Å². The summed E-state index contributed by atoms with van der Waals surface area (Å²) in [6, 6.07) is 3.76. The largest absolute Gasteiger partial charge is 0.483 e. The van der Waals surface area contributed by atoms with E-state index >= 15 is 0 Å². The van der Waals surface area contributed by atoms with Crippen LogP contribution in [0.3, 0.4) is 0 Å². The van der Waals surface area contributed by atoms with E-state index in [9.17, 15) is 9.59 Å². The number of aryl methyl sites for hydroxylation is 3. The standard InChI is InChI=1S/C20H20N2O4S/c1-11-17(25-9-18(23)21-8-13-10-27-12(2)22-13)7-6-15-14-4-3-5-16(14)20(24)26-19(11)15/h6-7,10H,3-5,8-9H2,1-2H3,(H,21,23). The van der Waals surface area contributed by atoms with Crippen LogP contribution in [-0.4, -0.2) is 17.5 Å². The molecule has 0 unspecified atom stereocenters. The van der Waals surface area contributed by atoms with Crippen LogP contribution in [0.15, 0.2) is 26.7 Å². The molecule has 0 atom stereocenters. The zero-order valence-corrected chi connectivity index (χ0v) is 16.1. The summed E-state index contributed by atoms with van der Waals surface area (Å²) >= 11 is 1.55. The maximum absolute atomic E-state index is 12.2. The molecule has 27 heavy (non-hydrogen) atoms. The van der Waals surface area contributed by atoms with E-state index in [2.05, 4.69) is 10.3 Å². The highest BCUT2D eigenvalue weighted by Crippen LogP contribution is 2.32. The molecule has 0 radical (unpaired) electrons. The molecule has 0 bridgehead atoms. The summed E-state index contributed by atoms with van der Waals surface area (Å²) in [6.07, 6.45) is 2.66. The van der Waals surface area contributed by atoms with Crippen LogP contribution in [-0.2, 0) is 24.2 Å². The van der Waals surface area contributed by atoms with Gasteiger partial charge in [-0.1, -0.05) is 0 Å². The number of ether oxygens (including phenoxy) is 1. The van der Waals surface area contributed by atoms with Crippen molar-refractivity contribution < 1.29 is 13.9 Å². The molecule has 1 N–H and O–H groups in total. The van der Waals surface area contributed by atoms with Gasteiger partial charge in [-0.05, 0) is 50.8 Å². The van der Waals surface area contributed by atoms with Crippen LogP contribution in [0.1, 0.15) is 33.8 Å². The van der Waals surface area contributed by atoms with Crippen molar-refractivity contribution >= 4 is 28.2 Å². The zero-order valence-electron chi connectivity index (χ0n) is 15.3. The molecular weight excluding hydrogens is 364 g/mol. The van der Waals surface area contributed by atoms with Gasteiger partial charge in [0.15, 0.2) is 6.61 Å². The van der Waals surface area contributed by atoms with Gasteiger partial charge in [-0.3, -0.25) is 4.79 Å². The van der Waals surface area contributed by atoms with Crippen LogP contribution >= 0.6 is 11.3 Å². The number of hydrogen-bond donors (Lipinski definition) is 1. The minimum atomic E-state index is -0.258. The van der Waals surface area contributed by atoms with Gasteiger partial charge in [0, 0.05) is 21.9 Å². The number of carbonyl (C=O) groups is 1. The first-order valence-electron chi connectivity index (χ1n) is 8.91. The van der Waals surface area contributed by atoms with Crippen LogP contribution in [0.5, 0.6) is 5.75 Å². The van der Waals surface area contributed by atoms with Crippen LogP contribution in [0.4, 0.5) is 0 Å². The van der Waals surface area contributed by atoms with E-state index in [0.717, 1.165) is 52.0 Å². The molecule has 0 spiro atoms. The van der Waals surface area contributed by atoms with Gasteiger partial charge >= 0.3 is 5.63 Å². The predicted molar refractivity (Wildman–Crippen MR) is 103 cm³/mol. The predicted octanol–water partition coefficient (Wildman–Crippen LogP) is 3.05. The third kappa shape index (κ3) is 3.47. The van der Waals surface area contributed by atoms with Gasteiger partial charge in [0.25, 0.3) is 5.91 Å². The number of fused-ring (bicyclic) bond motifs is 3. The van der Waals surface area contributed by atoms with Gasteiger partial charge in [0.05, 0.1) is 17.2 Å². The first-order chi connectivity index (χ1) is 13.0. The summed E-state index contributed by atoms with van der Waals surface area (Å²) in [7, 11) is 0. The van der Waals surface area contributed by atoms with Crippen LogP contribution < -0.4 is 15.7 Å². The molecule has 3 aromatic rings. The molecule has 1 aliphatic carbocycles. The summed E-state index contributed by atoms with van der Waals surface area (Å²) in [5.41, 5.74) is 3.76. The van der Waals surface area contributed by atoms with Gasteiger partial charge < -0.3 is 14.5 Å². The lowest BCUT2D eigenvalue weighted by Crippen LogP contribution is -2.28. The maximum Gasteiger partial charge on any atom is 0.339 e. The molecule has 0 fully saturated rings. The highest BCUT2D eigenvalue weighted by atomic mass is 32.1. The fraction of sp³-hybridized carbons (Fsp3) is 0.350. The van der Waals surface area contributed by atoms with E-state index < -0.39 is 0 Å². The minimum Gasteiger partial charge on any atom is -0.483 e. The van der Waals surface area contributed by atoms with Crippen molar-refractivity contribution in [2.45, 2.75) is 39.7 Å². The van der Waals surface area contributed by atoms with Crippen LogP contribution in [0, 0.1) is 13.8 Å². The molecule has 1 aliphatic rings. The quantitative estimate of drug-likeness (QED) is 0.684. The monoisotopic (exact) mass is 384 g/mol. The second kappa shape index (κ2) is 7.15. The lowest BCUT2D eigenvalue weighted by atomic mass is 10.0. The highest BCUT2D eigenvalue weighted by Gasteiger charge is 2.21. The Kier molecular flexibility index (Phi) is 4.70. The van der Waals surface area contributed by atoms with Gasteiger partial charge in [0.1, 0.15) is 11.3 Å². The molecule has 0 saturated carbocycles. The second-order valence-electron chi connectivity index (χ2n) is 6.69. The molecule has 1 amide bonds. The molecule has 0 aliphatic heterocycles. The third-order valence-electron chi connectivity index (χ3n) is 4.83. The van der Waals surface area contributed by atoms with Gasteiger partial charge in [-0.15, -0.1) is 11.3 Å². The smallest absolute Gasteiger partial charge is 0.339 e. The number of amides is 1. The number of aromatic nitrogens is 1. The van der Waals surface area contributed by atoms with Gasteiger partial charge in [-0.25, -0.2) is 9.78 Å². The number of nitrogens with zero attached hydrogens (tertiary/aromatic N) is 1. The maximum atomic E-state index is 12.2. The second-order valence-corrected chi connectivity index (χ2v) is 7.75. The molecular formula is C20H20N2O4S. The Morgan fingerprint density at radius 3 is 2.89 bits per heavy atom. The van der Waals surface area contributed by atoms with Crippen molar-refractivity contribution in [1.29, 1.82) is 0 Å². The number of hydrogen-bond acceptors (Lipinski definition) is 6. The Labute approximate surface area is 160 Å². The average molecular weight is 384 g/mol. The minimum absolute atomic E-state index is 0.107. The average Bonchev–Trinajstić information content (AvgIpc) is 3.29. The first kappa shape index (κ1) is 17.7.